The Bertz CT molecular complexity index is 1170. The Morgan fingerprint density at radius 2 is 1.15 bits per heavy atom. The number of aromatic nitrogens is 4. The van der Waals surface area contributed by atoms with Gasteiger partial charge in [0.05, 0.1) is 25.4 Å². The third kappa shape index (κ3) is 4.68. The van der Waals surface area contributed by atoms with Gasteiger partial charge >= 0.3 is 11.4 Å². The summed E-state index contributed by atoms with van der Waals surface area (Å²) in [5, 5.41) is 38.3. The van der Waals surface area contributed by atoms with Gasteiger partial charge in [-0.25, -0.2) is 9.59 Å². The van der Waals surface area contributed by atoms with E-state index in [-0.39, 0.29) is 36.8 Å². The van der Waals surface area contributed by atoms with Gasteiger partial charge in [-0.05, 0) is 12.8 Å². The van der Waals surface area contributed by atoms with Crippen LogP contribution in [0.25, 0.3) is 0 Å². The molecule has 0 aromatic carbocycles. The summed E-state index contributed by atoms with van der Waals surface area (Å²) in [7, 11) is 0. The summed E-state index contributed by atoms with van der Waals surface area (Å²) in [6.45, 7) is -0.857. The molecule has 0 bridgehead atoms. The Morgan fingerprint density at radius 1 is 0.765 bits per heavy atom. The molecule has 0 saturated carbocycles. The van der Waals surface area contributed by atoms with E-state index in [1.54, 1.807) is 0 Å². The average molecular weight is 482 g/mol. The molecule has 0 aliphatic carbocycles. The van der Waals surface area contributed by atoms with Gasteiger partial charge < -0.3 is 29.9 Å². The van der Waals surface area contributed by atoms with Crippen molar-refractivity contribution in [2.24, 2.45) is 0 Å². The van der Waals surface area contributed by atoms with Crippen LogP contribution in [0.2, 0.25) is 0 Å². The van der Waals surface area contributed by atoms with Crippen molar-refractivity contribution in [3.63, 3.8) is 0 Å². The molecule has 2 aromatic rings. The number of aromatic amines is 2. The van der Waals surface area contributed by atoms with E-state index in [2.05, 4.69) is 9.97 Å². The lowest BCUT2D eigenvalue weighted by molar-refractivity contribution is -0.0460. The van der Waals surface area contributed by atoms with Gasteiger partial charge in [0.15, 0.2) is 0 Å². The van der Waals surface area contributed by atoms with Crippen LogP contribution in [0.1, 0.15) is 36.4 Å². The van der Waals surface area contributed by atoms with Crippen molar-refractivity contribution in [3.05, 3.63) is 65.2 Å². The first kappa shape index (κ1) is 24.3. The Balaban J connectivity index is 1.56. The minimum atomic E-state index is -0.973. The molecule has 14 nitrogen and oxygen atoms in total. The third-order valence-electron chi connectivity index (χ3n) is 6.14. The number of hydrogen-bond acceptors (Lipinski definition) is 10. The van der Waals surface area contributed by atoms with E-state index in [1.165, 1.54) is 12.4 Å². The molecule has 0 radical (unpaired) electrons. The van der Waals surface area contributed by atoms with Crippen molar-refractivity contribution in [1.82, 2.24) is 19.1 Å². The molecule has 0 spiro atoms. The Hall–Kier alpha value is -2.88. The topological polar surface area (TPSA) is 209 Å². The normalized spacial score (nSPS) is 29.1. The lowest BCUT2D eigenvalue weighted by Crippen LogP contribution is -2.35. The maximum atomic E-state index is 12.3. The molecule has 4 rings (SSSR count). The second-order valence-electron chi connectivity index (χ2n) is 8.37. The minimum Gasteiger partial charge on any atom is -0.394 e. The molecule has 4 heterocycles. The standard InChI is InChI=1S/C20H26N4O10/c25-7-13-11(27)3-15(33-13)23-5-9(17(29)21-19(23)31)1-2-10-6-24(20(32)22-18(10)30)16-4-12(28)14(8-26)34-16/h5-6,11-16,25-28H,1-4,7-8H2,(H,21,29,31)(H,22,30,32)/t11-,12-,13+,14+,15+,16+/m0/s1. The molecular formula is C20H26N4O10. The van der Waals surface area contributed by atoms with Gasteiger partial charge in [0.1, 0.15) is 24.7 Å². The number of aryl methyl sites for hydroxylation is 2. The molecular weight excluding hydrogens is 456 g/mol. The van der Waals surface area contributed by atoms with Gasteiger partial charge in [0.25, 0.3) is 11.1 Å². The lowest BCUT2D eigenvalue weighted by atomic mass is 10.1. The minimum absolute atomic E-state index is 0.0308. The van der Waals surface area contributed by atoms with E-state index in [0.717, 1.165) is 9.13 Å². The van der Waals surface area contributed by atoms with Crippen molar-refractivity contribution in [1.29, 1.82) is 0 Å². The first-order valence-electron chi connectivity index (χ1n) is 10.8. The first-order chi connectivity index (χ1) is 16.2. The number of nitrogens with zero attached hydrogens (tertiary/aromatic N) is 2. The van der Waals surface area contributed by atoms with E-state index in [9.17, 15) is 39.6 Å². The van der Waals surface area contributed by atoms with Crippen LogP contribution >= 0.6 is 0 Å². The number of H-pyrrole nitrogens is 2. The van der Waals surface area contributed by atoms with Gasteiger partial charge in [-0.2, -0.15) is 0 Å². The maximum absolute atomic E-state index is 12.3. The summed E-state index contributed by atoms with van der Waals surface area (Å²) in [5.41, 5.74) is -2.48. The molecule has 2 fully saturated rings. The van der Waals surface area contributed by atoms with Crippen LogP contribution < -0.4 is 22.5 Å². The summed E-state index contributed by atoms with van der Waals surface area (Å²) in [6, 6.07) is 0. The number of aliphatic hydroxyl groups is 4. The molecule has 2 aliphatic heterocycles. The van der Waals surface area contributed by atoms with E-state index in [4.69, 9.17) is 9.47 Å². The summed E-state index contributed by atoms with van der Waals surface area (Å²) in [6.07, 6.45) is -2.70. The molecule has 6 N–H and O–H groups in total. The first-order valence-corrected chi connectivity index (χ1v) is 10.8. The Labute approximate surface area is 190 Å². The molecule has 186 valence electrons. The quantitative estimate of drug-likeness (QED) is 0.229. The molecule has 34 heavy (non-hydrogen) atoms. The molecule has 2 aromatic heterocycles. The summed E-state index contributed by atoms with van der Waals surface area (Å²) < 4.78 is 13.2. The highest BCUT2D eigenvalue weighted by molar-refractivity contribution is 5.12. The number of nitrogens with one attached hydrogen (secondary N) is 2. The monoisotopic (exact) mass is 482 g/mol. The smallest absolute Gasteiger partial charge is 0.330 e. The predicted molar refractivity (Wildman–Crippen MR) is 113 cm³/mol. The lowest BCUT2D eigenvalue weighted by Gasteiger charge is -2.16. The number of hydrogen-bond donors (Lipinski definition) is 6. The SMILES string of the molecule is O=c1[nH]c(=O)n([C@H]2C[C@H](O)[C@@H](CO)O2)cc1CCc1cn([C@H]2C[C@H](O)[C@@H](CO)O2)c(=O)[nH]c1=O. The summed E-state index contributed by atoms with van der Waals surface area (Å²) in [5.74, 6) is 0. The maximum Gasteiger partial charge on any atom is 0.330 e. The van der Waals surface area contributed by atoms with Gasteiger partial charge in [-0.15, -0.1) is 0 Å². The van der Waals surface area contributed by atoms with Gasteiger partial charge in [-0.3, -0.25) is 28.7 Å². The largest absolute Gasteiger partial charge is 0.394 e. The molecule has 2 saturated heterocycles. The van der Waals surface area contributed by atoms with Crippen molar-refractivity contribution in [2.75, 3.05) is 13.2 Å². The van der Waals surface area contributed by atoms with Crippen molar-refractivity contribution < 1.29 is 29.9 Å². The fourth-order valence-corrected chi connectivity index (χ4v) is 4.21. The number of rotatable bonds is 7. The highest BCUT2D eigenvalue weighted by Gasteiger charge is 2.36. The second-order valence-corrected chi connectivity index (χ2v) is 8.37. The molecule has 6 atom stereocenters. The fraction of sp³-hybridized carbons (Fsp3) is 0.600. The fourth-order valence-electron chi connectivity index (χ4n) is 4.21. The van der Waals surface area contributed by atoms with Crippen LogP contribution in [0, 0.1) is 0 Å². The van der Waals surface area contributed by atoms with E-state index >= 15 is 0 Å². The number of ether oxygens (including phenoxy) is 2. The zero-order valence-electron chi connectivity index (χ0n) is 18.0. The third-order valence-corrected chi connectivity index (χ3v) is 6.14. The van der Waals surface area contributed by atoms with Crippen molar-refractivity contribution in [3.8, 4) is 0 Å². The van der Waals surface area contributed by atoms with Crippen molar-refractivity contribution >= 4 is 0 Å². The molecule has 0 amide bonds. The van der Waals surface area contributed by atoms with Gasteiger partial charge in [0.2, 0.25) is 0 Å². The van der Waals surface area contributed by atoms with E-state index in [0.29, 0.717) is 0 Å². The highest BCUT2D eigenvalue weighted by atomic mass is 16.5. The summed E-state index contributed by atoms with van der Waals surface area (Å²) in [4.78, 5) is 53.5. The van der Waals surface area contributed by atoms with Crippen LogP contribution in [0.5, 0.6) is 0 Å². The Morgan fingerprint density at radius 3 is 1.47 bits per heavy atom. The van der Waals surface area contributed by atoms with E-state index in [1.807, 2.05) is 0 Å². The zero-order chi connectivity index (χ0) is 24.6. The van der Waals surface area contributed by atoms with Crippen LogP contribution in [-0.4, -0.2) is 77.2 Å². The van der Waals surface area contributed by atoms with Crippen LogP contribution in [0.3, 0.4) is 0 Å². The van der Waals surface area contributed by atoms with E-state index < -0.39 is 72.6 Å². The molecule has 14 heteroatoms. The van der Waals surface area contributed by atoms with Crippen molar-refractivity contribution in [2.45, 2.75) is 62.6 Å². The van der Waals surface area contributed by atoms with Crippen LogP contribution in [-0.2, 0) is 22.3 Å². The van der Waals surface area contributed by atoms with Crippen LogP contribution in [0.4, 0.5) is 0 Å². The van der Waals surface area contributed by atoms with Gasteiger partial charge in [-0.1, -0.05) is 0 Å². The molecule has 0 unspecified atom stereocenters. The molecule has 2 aliphatic rings. The number of aliphatic hydroxyl groups excluding tert-OH is 4. The van der Waals surface area contributed by atoms with Gasteiger partial charge in [0, 0.05) is 36.4 Å². The zero-order valence-corrected chi connectivity index (χ0v) is 18.0. The highest BCUT2D eigenvalue weighted by Crippen LogP contribution is 2.28. The van der Waals surface area contributed by atoms with Crippen LogP contribution in [0.15, 0.2) is 31.6 Å². The predicted octanol–water partition coefficient (Wildman–Crippen LogP) is -3.55. The average Bonchev–Trinajstić information content (AvgIpc) is 3.35. The second kappa shape index (κ2) is 9.77. The summed E-state index contributed by atoms with van der Waals surface area (Å²) >= 11 is 0. The Kier molecular flexibility index (Phi) is 6.97.